The van der Waals surface area contributed by atoms with Crippen LogP contribution in [0.4, 0.5) is 0 Å². The number of benzene rings is 3. The van der Waals surface area contributed by atoms with Gasteiger partial charge in [0.05, 0.1) is 31.1 Å². The molecule has 4 aromatic rings. The Morgan fingerprint density at radius 1 is 0.975 bits per heavy atom. The third-order valence-corrected chi connectivity index (χ3v) is 9.77. The van der Waals surface area contributed by atoms with Crippen LogP contribution in [0.15, 0.2) is 70.1 Å². The van der Waals surface area contributed by atoms with Gasteiger partial charge in [-0.25, -0.2) is 8.42 Å². The van der Waals surface area contributed by atoms with Gasteiger partial charge in [-0.15, -0.1) is 0 Å². The Labute approximate surface area is 247 Å². The first-order chi connectivity index (χ1) is 19.0. The molecule has 1 aromatic heterocycles. The molecule has 2 fully saturated rings. The van der Waals surface area contributed by atoms with Gasteiger partial charge in [-0.2, -0.15) is 0 Å². The zero-order valence-electron chi connectivity index (χ0n) is 21.5. The second kappa shape index (κ2) is 10.4. The zero-order valence-corrected chi connectivity index (χ0v) is 24.6. The fourth-order valence-electron chi connectivity index (χ4n) is 5.38. The molecular weight excluding hydrogens is 593 g/mol. The van der Waals surface area contributed by atoms with Gasteiger partial charge in [0.1, 0.15) is 23.8 Å². The van der Waals surface area contributed by atoms with Crippen LogP contribution in [-0.2, 0) is 22.0 Å². The average molecular weight is 619 g/mol. The molecule has 0 radical (unpaired) electrons. The predicted molar refractivity (Wildman–Crippen MR) is 155 cm³/mol. The predicted octanol–water partition coefficient (Wildman–Crippen LogP) is 7.93. The molecule has 6 nitrogen and oxygen atoms in total. The highest BCUT2D eigenvalue weighted by Crippen LogP contribution is 2.53. The third-order valence-electron chi connectivity index (χ3n) is 7.72. The Morgan fingerprint density at radius 2 is 1.68 bits per heavy atom. The second-order valence-corrected chi connectivity index (χ2v) is 13.9. The van der Waals surface area contributed by atoms with Crippen molar-refractivity contribution in [3.63, 3.8) is 0 Å². The van der Waals surface area contributed by atoms with Gasteiger partial charge in [-0.3, -0.25) is 0 Å². The summed E-state index contributed by atoms with van der Waals surface area (Å²) in [6.07, 6.45) is 4.11. The molecule has 0 spiro atoms. The normalized spacial score (nSPS) is 20.8. The third kappa shape index (κ3) is 5.26. The minimum Gasteiger partial charge on any atom is -0.489 e. The number of ether oxygens (including phenoxy) is 1. The summed E-state index contributed by atoms with van der Waals surface area (Å²) in [7, 11) is -3.30. The van der Waals surface area contributed by atoms with Crippen LogP contribution in [0.5, 0.6) is 5.75 Å². The second-order valence-electron chi connectivity index (χ2n) is 10.7. The van der Waals surface area contributed by atoms with Crippen molar-refractivity contribution < 1.29 is 22.8 Å². The lowest BCUT2D eigenvalue weighted by Gasteiger charge is -2.44. The Morgan fingerprint density at radius 3 is 2.33 bits per heavy atom. The lowest BCUT2D eigenvalue weighted by molar-refractivity contribution is -0.0549. The average Bonchev–Trinajstić information content (AvgIpc) is 3.65. The number of aliphatic hydroxyl groups is 1. The molecule has 0 aliphatic heterocycles. The van der Waals surface area contributed by atoms with E-state index in [4.69, 9.17) is 44.1 Å². The van der Waals surface area contributed by atoms with Gasteiger partial charge in [-0.05, 0) is 73.6 Å². The SMILES string of the molecule is CS(=O)(=O)c1cccc([C@H]2C[C@](O)(c3ccc(OCc4c(-c5c(Cl)cccc5Cl)noc4C4CC4)cc3Cl)C2)c1. The minimum atomic E-state index is -3.30. The Balaban J connectivity index is 1.19. The summed E-state index contributed by atoms with van der Waals surface area (Å²) in [4.78, 5) is 0.276. The summed E-state index contributed by atoms with van der Waals surface area (Å²) < 4.78 is 35.7. The molecule has 208 valence electrons. The van der Waals surface area contributed by atoms with Crippen LogP contribution < -0.4 is 4.74 Å². The molecule has 1 heterocycles. The maximum absolute atomic E-state index is 11.9. The van der Waals surface area contributed by atoms with Crippen LogP contribution in [0.1, 0.15) is 60.0 Å². The van der Waals surface area contributed by atoms with Gasteiger partial charge in [0, 0.05) is 23.3 Å². The Kier molecular flexibility index (Phi) is 7.16. The zero-order chi connectivity index (χ0) is 28.2. The van der Waals surface area contributed by atoms with Crippen molar-refractivity contribution in [1.29, 1.82) is 0 Å². The maximum atomic E-state index is 11.9. The molecule has 0 amide bonds. The van der Waals surface area contributed by atoms with Crippen LogP contribution >= 0.6 is 34.8 Å². The first-order valence-electron chi connectivity index (χ1n) is 12.9. The Hall–Kier alpha value is -2.55. The highest BCUT2D eigenvalue weighted by molar-refractivity contribution is 7.90. The van der Waals surface area contributed by atoms with Gasteiger partial charge in [0.25, 0.3) is 0 Å². The fraction of sp³-hybridized carbons (Fsp3) is 0.300. The monoisotopic (exact) mass is 617 g/mol. The molecule has 0 bridgehead atoms. The first-order valence-corrected chi connectivity index (χ1v) is 15.9. The summed E-state index contributed by atoms with van der Waals surface area (Å²) in [6, 6.07) is 17.4. The van der Waals surface area contributed by atoms with Crippen LogP contribution in [-0.4, -0.2) is 24.9 Å². The molecule has 0 saturated heterocycles. The van der Waals surface area contributed by atoms with E-state index in [1.807, 2.05) is 6.07 Å². The largest absolute Gasteiger partial charge is 0.489 e. The van der Waals surface area contributed by atoms with Gasteiger partial charge in [0.2, 0.25) is 0 Å². The van der Waals surface area contributed by atoms with Gasteiger partial charge in [0.15, 0.2) is 9.84 Å². The van der Waals surface area contributed by atoms with E-state index < -0.39 is 15.4 Å². The fourth-order valence-corrected chi connectivity index (χ4v) is 6.98. The minimum absolute atomic E-state index is 0.0307. The van der Waals surface area contributed by atoms with E-state index in [1.165, 1.54) is 6.26 Å². The van der Waals surface area contributed by atoms with Crippen molar-refractivity contribution in [3.8, 4) is 17.0 Å². The molecule has 10 heteroatoms. The van der Waals surface area contributed by atoms with Gasteiger partial charge < -0.3 is 14.4 Å². The maximum Gasteiger partial charge on any atom is 0.175 e. The van der Waals surface area contributed by atoms with Gasteiger partial charge in [-0.1, -0.05) is 64.2 Å². The summed E-state index contributed by atoms with van der Waals surface area (Å²) in [5.74, 6) is 1.64. The highest BCUT2D eigenvalue weighted by Gasteiger charge is 2.46. The molecule has 40 heavy (non-hydrogen) atoms. The van der Waals surface area contributed by atoms with E-state index in [0.29, 0.717) is 56.4 Å². The van der Waals surface area contributed by atoms with E-state index in [-0.39, 0.29) is 17.4 Å². The number of nitrogens with zero attached hydrogens (tertiary/aromatic N) is 1. The number of rotatable bonds is 8. The number of hydrogen-bond acceptors (Lipinski definition) is 6. The lowest BCUT2D eigenvalue weighted by atomic mass is 9.65. The summed E-state index contributed by atoms with van der Waals surface area (Å²) in [5.41, 5.74) is 2.37. The molecule has 6 rings (SSSR count). The molecule has 0 atom stereocenters. The quantitative estimate of drug-likeness (QED) is 0.216. The van der Waals surface area contributed by atoms with E-state index in [2.05, 4.69) is 5.16 Å². The number of halogens is 3. The molecule has 2 aliphatic carbocycles. The molecule has 0 unspecified atom stereocenters. The van der Waals surface area contributed by atoms with E-state index in [9.17, 15) is 13.5 Å². The van der Waals surface area contributed by atoms with Crippen molar-refractivity contribution in [3.05, 3.63) is 98.2 Å². The van der Waals surface area contributed by atoms with Crippen molar-refractivity contribution in [2.75, 3.05) is 6.26 Å². The molecule has 1 N–H and O–H groups in total. The number of sulfone groups is 1. The van der Waals surface area contributed by atoms with Gasteiger partial charge >= 0.3 is 0 Å². The standard InChI is InChI=1S/C30H26Cl3NO5S/c1-40(36,37)21-5-2-4-18(12-21)19-14-30(35,15-19)23-11-10-20(13-26(23)33)38-16-22-28(34-39-29(22)17-8-9-17)27-24(31)6-3-7-25(27)32/h2-7,10-13,17,19,35H,8-9,14-16H2,1H3/t19-,30+. The summed E-state index contributed by atoms with van der Waals surface area (Å²) in [5, 5.41) is 17.0. The smallest absolute Gasteiger partial charge is 0.175 e. The van der Waals surface area contributed by atoms with Crippen molar-refractivity contribution in [1.82, 2.24) is 5.16 Å². The first kappa shape index (κ1) is 27.6. The van der Waals surface area contributed by atoms with E-state index in [1.54, 1.807) is 54.6 Å². The van der Waals surface area contributed by atoms with Crippen molar-refractivity contribution in [2.24, 2.45) is 0 Å². The van der Waals surface area contributed by atoms with Crippen molar-refractivity contribution >= 4 is 44.6 Å². The van der Waals surface area contributed by atoms with Crippen LogP contribution in [0.2, 0.25) is 15.1 Å². The summed E-state index contributed by atoms with van der Waals surface area (Å²) >= 11 is 19.6. The molecule has 3 aromatic carbocycles. The Bertz CT molecular complexity index is 1690. The van der Waals surface area contributed by atoms with E-state index in [0.717, 1.165) is 29.7 Å². The lowest BCUT2D eigenvalue weighted by Crippen LogP contribution is -2.40. The number of aromatic nitrogens is 1. The van der Waals surface area contributed by atoms with Crippen LogP contribution in [0, 0.1) is 0 Å². The van der Waals surface area contributed by atoms with Crippen molar-refractivity contribution in [2.45, 2.75) is 54.6 Å². The topological polar surface area (TPSA) is 89.6 Å². The summed E-state index contributed by atoms with van der Waals surface area (Å²) in [6.45, 7) is 0.185. The number of hydrogen-bond donors (Lipinski definition) is 1. The molecular formula is C30H26Cl3NO5S. The highest BCUT2D eigenvalue weighted by atomic mass is 35.5. The van der Waals surface area contributed by atoms with Crippen LogP contribution in [0.25, 0.3) is 11.3 Å². The molecule has 2 saturated carbocycles. The van der Waals surface area contributed by atoms with E-state index >= 15 is 0 Å². The molecule has 2 aliphatic rings. The van der Waals surface area contributed by atoms with Crippen LogP contribution in [0.3, 0.4) is 0 Å².